The Morgan fingerprint density at radius 3 is 2.81 bits per heavy atom. The molecule has 1 aromatic carbocycles. The third-order valence-corrected chi connectivity index (χ3v) is 6.46. The van der Waals surface area contributed by atoms with Gasteiger partial charge in [0.15, 0.2) is 10.3 Å². The van der Waals surface area contributed by atoms with Crippen molar-refractivity contribution in [2.45, 2.75) is 36.5 Å². The highest BCUT2D eigenvalue weighted by atomic mass is 35.5. The average Bonchev–Trinajstić information content (AvgIpc) is 2.79. The number of anilines is 2. The second-order valence-corrected chi connectivity index (χ2v) is 9.42. The van der Waals surface area contributed by atoms with Crippen molar-refractivity contribution in [3.05, 3.63) is 59.4 Å². The molecule has 10 heteroatoms. The number of aromatic nitrogens is 4. The van der Waals surface area contributed by atoms with E-state index in [-0.39, 0.29) is 0 Å². The summed E-state index contributed by atoms with van der Waals surface area (Å²) in [6, 6.07) is 11.4. The molecule has 0 radical (unpaired) electrons. The summed E-state index contributed by atoms with van der Waals surface area (Å²) in [5.74, 6) is 1.94. The maximum atomic E-state index is 6.24. The number of nitrogens with zero attached hydrogens (tertiary/aromatic N) is 5. The van der Waals surface area contributed by atoms with E-state index in [1.165, 1.54) is 18.2 Å². The smallest absolute Gasteiger partial charge is 0.232 e. The Balaban J connectivity index is 1.51. The zero-order valence-corrected chi connectivity index (χ0v) is 20.1. The number of nitrogens with one attached hydrogen (secondary N) is 2. The van der Waals surface area contributed by atoms with Crippen LogP contribution in [0.3, 0.4) is 0 Å². The summed E-state index contributed by atoms with van der Waals surface area (Å²) < 4.78 is 0. The van der Waals surface area contributed by atoms with Gasteiger partial charge in [-0.15, -0.1) is 0 Å². The lowest BCUT2D eigenvalue weighted by Crippen LogP contribution is -2.35. The number of rotatable bonds is 6. The lowest BCUT2D eigenvalue weighted by Gasteiger charge is -2.32. The van der Waals surface area contributed by atoms with Crippen LogP contribution in [0.5, 0.6) is 0 Å². The van der Waals surface area contributed by atoms with Gasteiger partial charge in [0.25, 0.3) is 0 Å². The molecule has 0 bridgehead atoms. The largest absolute Gasteiger partial charge is 0.358 e. The van der Waals surface area contributed by atoms with E-state index in [9.17, 15) is 0 Å². The number of hydrogen-bond donors (Lipinski definition) is 2. The molecule has 0 amide bonds. The van der Waals surface area contributed by atoms with Gasteiger partial charge in [-0.25, -0.2) is 15.0 Å². The van der Waals surface area contributed by atoms with Gasteiger partial charge in [0.05, 0.1) is 0 Å². The molecule has 1 aliphatic rings. The summed E-state index contributed by atoms with van der Waals surface area (Å²) in [5.41, 5.74) is 0.966. The van der Waals surface area contributed by atoms with Gasteiger partial charge < -0.3 is 15.5 Å². The van der Waals surface area contributed by atoms with Crippen LogP contribution >= 0.6 is 35.6 Å². The maximum Gasteiger partial charge on any atom is 0.232 e. The standard InChI is InChI=1S/C22H24ClN7S2/c1-15-6-4-11-30(14-15)18-12-19(32-22-24-9-5-10-25-22)28-20(27-18)29-21(31)26-13-16-7-2-3-8-17(16)23/h2-3,5,7-10,12,15H,4,6,11,13-14H2,1H3,(H2,26,27,28,29,31)/t15-/m1/s1. The quantitative estimate of drug-likeness (QED) is 0.291. The number of thiocarbonyl (C=S) groups is 1. The molecule has 1 fully saturated rings. The van der Waals surface area contributed by atoms with Crippen molar-refractivity contribution in [1.29, 1.82) is 0 Å². The molecule has 0 unspecified atom stereocenters. The molecular weight excluding hydrogens is 462 g/mol. The van der Waals surface area contributed by atoms with E-state index in [0.717, 1.165) is 35.9 Å². The van der Waals surface area contributed by atoms with Crippen LogP contribution < -0.4 is 15.5 Å². The van der Waals surface area contributed by atoms with E-state index in [2.05, 4.69) is 37.4 Å². The first-order valence-electron chi connectivity index (χ1n) is 10.4. The summed E-state index contributed by atoms with van der Waals surface area (Å²) in [6.07, 6.45) is 5.82. The van der Waals surface area contributed by atoms with Crippen LogP contribution in [0.15, 0.2) is 59.0 Å². The van der Waals surface area contributed by atoms with Crippen molar-refractivity contribution >= 4 is 52.5 Å². The monoisotopic (exact) mass is 485 g/mol. The molecule has 3 aromatic rings. The van der Waals surface area contributed by atoms with Gasteiger partial charge in [-0.05, 0) is 60.4 Å². The van der Waals surface area contributed by atoms with Crippen molar-refractivity contribution in [2.24, 2.45) is 5.92 Å². The summed E-state index contributed by atoms with van der Waals surface area (Å²) >= 11 is 13.1. The summed E-state index contributed by atoms with van der Waals surface area (Å²) in [7, 11) is 0. The van der Waals surface area contributed by atoms with Crippen molar-refractivity contribution in [2.75, 3.05) is 23.3 Å². The minimum Gasteiger partial charge on any atom is -0.358 e. The van der Waals surface area contributed by atoms with Gasteiger partial charge in [0.2, 0.25) is 5.95 Å². The second kappa shape index (κ2) is 10.9. The van der Waals surface area contributed by atoms with Gasteiger partial charge in [-0.3, -0.25) is 0 Å². The van der Waals surface area contributed by atoms with E-state index in [4.69, 9.17) is 28.8 Å². The highest BCUT2D eigenvalue weighted by Crippen LogP contribution is 2.29. The van der Waals surface area contributed by atoms with E-state index in [0.29, 0.717) is 33.7 Å². The fourth-order valence-electron chi connectivity index (χ4n) is 3.48. The number of halogens is 1. The molecule has 7 nitrogen and oxygen atoms in total. The SMILES string of the molecule is C[C@@H]1CCCN(c2cc(Sc3ncccn3)nc(NC(=S)NCc3ccccc3Cl)n2)C1. The van der Waals surface area contributed by atoms with Crippen LogP contribution in [0.2, 0.25) is 5.02 Å². The predicted octanol–water partition coefficient (Wildman–Crippen LogP) is 4.79. The topological polar surface area (TPSA) is 78.9 Å². The maximum absolute atomic E-state index is 6.24. The molecule has 32 heavy (non-hydrogen) atoms. The zero-order chi connectivity index (χ0) is 22.3. The Morgan fingerprint density at radius 2 is 2.03 bits per heavy atom. The summed E-state index contributed by atoms with van der Waals surface area (Å²) in [6.45, 7) is 4.72. The van der Waals surface area contributed by atoms with Crippen molar-refractivity contribution < 1.29 is 0 Å². The molecule has 0 saturated carbocycles. The third kappa shape index (κ3) is 6.27. The third-order valence-electron chi connectivity index (χ3n) is 5.03. The lowest BCUT2D eigenvalue weighted by molar-refractivity contribution is 0.444. The van der Waals surface area contributed by atoms with Gasteiger partial charge in [-0.1, -0.05) is 36.7 Å². The number of benzene rings is 1. The average molecular weight is 486 g/mol. The highest BCUT2D eigenvalue weighted by Gasteiger charge is 2.20. The zero-order valence-electron chi connectivity index (χ0n) is 17.7. The minimum atomic E-state index is 0.431. The Morgan fingerprint density at radius 1 is 1.22 bits per heavy atom. The molecule has 4 rings (SSSR count). The van der Waals surface area contributed by atoms with Gasteiger partial charge in [0.1, 0.15) is 10.8 Å². The van der Waals surface area contributed by atoms with Crippen LogP contribution in [0.25, 0.3) is 0 Å². The molecule has 2 N–H and O–H groups in total. The number of hydrogen-bond acceptors (Lipinski definition) is 7. The summed E-state index contributed by atoms with van der Waals surface area (Å²) in [5, 5.41) is 8.82. The van der Waals surface area contributed by atoms with E-state index >= 15 is 0 Å². The van der Waals surface area contributed by atoms with Crippen molar-refractivity contribution in [3.63, 3.8) is 0 Å². The van der Waals surface area contributed by atoms with Crippen LogP contribution in [0.1, 0.15) is 25.3 Å². The molecule has 1 atom stereocenters. The molecule has 1 saturated heterocycles. The first-order valence-corrected chi connectivity index (χ1v) is 12.0. The van der Waals surface area contributed by atoms with E-state index in [1.807, 2.05) is 30.3 Å². The van der Waals surface area contributed by atoms with Crippen molar-refractivity contribution in [3.8, 4) is 0 Å². The van der Waals surface area contributed by atoms with Crippen molar-refractivity contribution in [1.82, 2.24) is 25.3 Å². The fourth-order valence-corrected chi connectivity index (χ4v) is 4.55. The fraction of sp³-hybridized carbons (Fsp3) is 0.318. The molecule has 3 heterocycles. The van der Waals surface area contributed by atoms with Gasteiger partial charge in [0, 0.05) is 43.1 Å². The molecule has 1 aliphatic heterocycles. The Hall–Kier alpha value is -2.49. The molecule has 166 valence electrons. The molecule has 0 aliphatic carbocycles. The normalized spacial score (nSPS) is 15.9. The van der Waals surface area contributed by atoms with E-state index < -0.39 is 0 Å². The van der Waals surface area contributed by atoms with E-state index in [1.54, 1.807) is 18.5 Å². The lowest BCUT2D eigenvalue weighted by atomic mass is 10.0. The molecule has 0 spiro atoms. The van der Waals surface area contributed by atoms with Gasteiger partial charge in [-0.2, -0.15) is 4.98 Å². The number of piperidine rings is 1. The minimum absolute atomic E-state index is 0.431. The van der Waals surface area contributed by atoms with Crippen LogP contribution in [-0.4, -0.2) is 38.1 Å². The second-order valence-electron chi connectivity index (χ2n) is 7.61. The predicted molar refractivity (Wildman–Crippen MR) is 133 cm³/mol. The van der Waals surface area contributed by atoms with Crippen LogP contribution in [-0.2, 0) is 6.54 Å². The van der Waals surface area contributed by atoms with Crippen LogP contribution in [0.4, 0.5) is 11.8 Å². The Labute approximate surface area is 202 Å². The molecule has 2 aromatic heterocycles. The Bertz CT molecular complexity index is 1070. The first-order chi connectivity index (χ1) is 15.6. The van der Waals surface area contributed by atoms with Crippen LogP contribution in [0, 0.1) is 5.92 Å². The first kappa shape index (κ1) is 22.7. The summed E-state index contributed by atoms with van der Waals surface area (Å²) in [4.78, 5) is 20.3. The molecular formula is C22H24ClN7S2. The van der Waals surface area contributed by atoms with Gasteiger partial charge >= 0.3 is 0 Å². The highest BCUT2D eigenvalue weighted by molar-refractivity contribution is 7.99. The Kier molecular flexibility index (Phi) is 7.72.